The Morgan fingerprint density at radius 2 is 1.67 bits per heavy atom. The van der Waals surface area contributed by atoms with Gasteiger partial charge in [-0.2, -0.15) is 10.1 Å². The Hall–Kier alpha value is -6.62. The summed E-state index contributed by atoms with van der Waals surface area (Å²) < 4.78 is 21.5. The molecule has 4 fully saturated rings. The lowest BCUT2D eigenvalue weighted by Crippen LogP contribution is -2.53. The fraction of sp³-hybridized carbons (Fsp3) is 0.423. The first-order chi connectivity index (χ1) is 34.7. The highest BCUT2D eigenvalue weighted by Gasteiger charge is 2.42. The normalized spacial score (nSPS) is 19.8. The highest BCUT2D eigenvalue weighted by Crippen LogP contribution is 2.46. The Morgan fingerprint density at radius 3 is 2.42 bits per heavy atom. The van der Waals surface area contributed by atoms with E-state index in [2.05, 4.69) is 75.0 Å². The number of carbonyl (C=O) groups is 3. The number of aryl methyl sites for hydroxylation is 1. The van der Waals surface area contributed by atoms with Crippen molar-refractivity contribution in [3.8, 4) is 16.9 Å². The molecule has 5 aliphatic rings. The summed E-state index contributed by atoms with van der Waals surface area (Å²) in [5, 5.41) is 14.5. The van der Waals surface area contributed by atoms with Gasteiger partial charge in [0.05, 0.1) is 41.7 Å². The molecule has 374 valence electrons. The van der Waals surface area contributed by atoms with E-state index >= 15 is 0 Å². The molecule has 0 saturated carbocycles. The first kappa shape index (κ1) is 47.7. The molecule has 1 spiro atoms. The molecule has 3 aromatic carbocycles. The van der Waals surface area contributed by atoms with Gasteiger partial charge in [-0.05, 0) is 119 Å². The summed E-state index contributed by atoms with van der Waals surface area (Å²) in [6.07, 6.45) is 16.0. The second-order valence-corrected chi connectivity index (χ2v) is 23.9. The number of hydrogen-bond donors (Lipinski definition) is 3. The number of methoxy groups -OCH3 is 1. The second kappa shape index (κ2) is 19.1. The molecule has 0 aliphatic carbocycles. The predicted molar refractivity (Wildman–Crippen MR) is 280 cm³/mol. The number of nitrogens with one attached hydrogen (secondary N) is 3. The van der Waals surface area contributed by atoms with Crippen LogP contribution >= 0.6 is 18.7 Å². The van der Waals surface area contributed by atoms with Gasteiger partial charge in [0.15, 0.2) is 5.82 Å². The first-order valence-corrected chi connectivity index (χ1v) is 27.8. The van der Waals surface area contributed by atoms with Gasteiger partial charge in [0, 0.05) is 105 Å². The molecule has 20 heteroatoms. The lowest BCUT2D eigenvalue weighted by atomic mass is 9.72. The standard InChI is InChI=1S/C52H59ClN13O5P/c1-62-29-33(27-57-62)37-25-41(59-51-56-28-38(53)48(61-51)58-40-9-8-39-46(55-18-17-54-39)47(40)72(3,4)70)44(71-2)26-43(37)64-20-12-34(13-21-64)63-22-15-52(16-23-63)14-5-19-65(31-52)35-6-7-36-32(24-35)30-66(50(36)69)42-10-11-45(67)60-49(42)68/h6-9,17-18,24-29,34,42H,5,10-16,19-23,30-31H2,1-4H3,(H,60,67,68)(H2,56,58,59,61)/t42-/m0/s1. The summed E-state index contributed by atoms with van der Waals surface area (Å²) in [4.78, 5) is 65.4. The third-order valence-electron chi connectivity index (χ3n) is 15.4. The summed E-state index contributed by atoms with van der Waals surface area (Å²) >= 11 is 6.69. The number of anilines is 6. The molecule has 3 amide bonds. The van der Waals surface area contributed by atoms with Crippen molar-refractivity contribution < 1.29 is 23.7 Å². The number of hydrogen-bond acceptors (Lipinski definition) is 15. The number of ether oxygens (including phenoxy) is 1. The minimum absolute atomic E-state index is 0.134. The predicted octanol–water partition coefficient (Wildman–Crippen LogP) is 7.33. The molecule has 3 N–H and O–H groups in total. The van der Waals surface area contributed by atoms with Crippen LogP contribution in [0.2, 0.25) is 5.02 Å². The van der Waals surface area contributed by atoms with E-state index in [-0.39, 0.29) is 40.5 Å². The van der Waals surface area contributed by atoms with Crippen molar-refractivity contribution in [1.29, 1.82) is 0 Å². The van der Waals surface area contributed by atoms with Gasteiger partial charge in [0.2, 0.25) is 17.8 Å². The molecule has 0 bridgehead atoms. The van der Waals surface area contributed by atoms with Crippen molar-refractivity contribution >= 4 is 87.3 Å². The van der Waals surface area contributed by atoms with Crippen molar-refractivity contribution in [3.63, 3.8) is 0 Å². The fourth-order valence-electron chi connectivity index (χ4n) is 11.7. The van der Waals surface area contributed by atoms with Crippen LogP contribution in [-0.2, 0) is 27.7 Å². The molecule has 6 aromatic rings. The number of likely N-dealkylation sites (tertiary alicyclic amines) is 1. The quantitative estimate of drug-likeness (QED) is 0.0862. The van der Waals surface area contributed by atoms with Crippen LogP contribution in [0.5, 0.6) is 5.75 Å². The van der Waals surface area contributed by atoms with E-state index in [1.54, 1.807) is 37.7 Å². The molecule has 0 radical (unpaired) electrons. The van der Waals surface area contributed by atoms with E-state index in [1.165, 1.54) is 12.6 Å². The smallest absolute Gasteiger partial charge is 0.255 e. The number of benzene rings is 3. The lowest BCUT2D eigenvalue weighted by molar-refractivity contribution is -0.136. The van der Waals surface area contributed by atoms with E-state index in [9.17, 15) is 18.9 Å². The van der Waals surface area contributed by atoms with Crippen LogP contribution in [-0.4, -0.2) is 129 Å². The molecule has 5 aliphatic heterocycles. The van der Waals surface area contributed by atoms with Crippen LogP contribution in [0.3, 0.4) is 0 Å². The van der Waals surface area contributed by atoms with E-state index < -0.39 is 13.2 Å². The number of rotatable bonds is 11. The molecule has 18 nitrogen and oxygen atoms in total. The van der Waals surface area contributed by atoms with Gasteiger partial charge in [0.25, 0.3) is 5.91 Å². The number of amides is 3. The Labute approximate surface area is 423 Å². The Kier molecular flexibility index (Phi) is 12.6. The number of fused-ring (bicyclic) bond motifs is 2. The van der Waals surface area contributed by atoms with Crippen LogP contribution in [0.4, 0.5) is 34.5 Å². The van der Waals surface area contributed by atoms with Gasteiger partial charge >= 0.3 is 0 Å². The van der Waals surface area contributed by atoms with Crippen molar-refractivity contribution in [1.82, 2.24) is 44.8 Å². The summed E-state index contributed by atoms with van der Waals surface area (Å²) in [7, 11) is 0.743. The molecular formula is C52H59ClN13O5P. The van der Waals surface area contributed by atoms with Crippen molar-refractivity contribution in [2.24, 2.45) is 12.5 Å². The van der Waals surface area contributed by atoms with E-state index in [0.29, 0.717) is 63.9 Å². The van der Waals surface area contributed by atoms with Gasteiger partial charge in [-0.3, -0.25) is 34.4 Å². The summed E-state index contributed by atoms with van der Waals surface area (Å²) in [6.45, 7) is 9.72. The molecule has 3 aromatic heterocycles. The van der Waals surface area contributed by atoms with Crippen LogP contribution in [0.1, 0.15) is 67.3 Å². The third kappa shape index (κ3) is 9.24. The van der Waals surface area contributed by atoms with Crippen LogP contribution in [0.25, 0.3) is 22.2 Å². The van der Waals surface area contributed by atoms with E-state index in [0.717, 1.165) is 99.4 Å². The van der Waals surface area contributed by atoms with Crippen LogP contribution < -0.4 is 35.8 Å². The third-order valence-corrected chi connectivity index (χ3v) is 17.2. The maximum atomic E-state index is 13.6. The maximum absolute atomic E-state index is 13.6. The summed E-state index contributed by atoms with van der Waals surface area (Å²) in [5.41, 5.74) is 8.48. The Balaban J connectivity index is 0.755. The lowest BCUT2D eigenvalue weighted by Gasteiger charge is -2.50. The van der Waals surface area contributed by atoms with Crippen molar-refractivity contribution in [2.75, 3.05) is 80.1 Å². The number of halogens is 1. The highest BCUT2D eigenvalue weighted by atomic mass is 35.5. The number of aromatic nitrogens is 6. The highest BCUT2D eigenvalue weighted by molar-refractivity contribution is 7.71. The van der Waals surface area contributed by atoms with Gasteiger partial charge in [-0.15, -0.1) is 0 Å². The second-order valence-electron chi connectivity index (χ2n) is 20.4. The first-order valence-electron chi connectivity index (χ1n) is 24.8. The zero-order valence-corrected chi connectivity index (χ0v) is 42.7. The number of piperidine rings is 4. The molecule has 0 unspecified atom stereocenters. The molecule has 11 rings (SSSR count). The molecule has 72 heavy (non-hydrogen) atoms. The van der Waals surface area contributed by atoms with Gasteiger partial charge < -0.3 is 39.5 Å². The topological polar surface area (TPSA) is 196 Å². The zero-order valence-electron chi connectivity index (χ0n) is 41.0. The number of imide groups is 1. The number of nitrogens with zero attached hydrogens (tertiary/aromatic N) is 10. The SMILES string of the molecule is COc1cc(N2CCC(N3CCC4(CCCN(c5ccc6c(c5)CN([C@H]5CCC(=O)NC5=O)C6=O)C4)CC3)CC2)c(-c2cnn(C)c2)cc1Nc1ncc(Cl)c(Nc2ccc3nccnc3c2P(C)(C)=O)n1. The molecule has 4 saturated heterocycles. The maximum Gasteiger partial charge on any atom is 0.255 e. The van der Waals surface area contributed by atoms with Gasteiger partial charge in [0.1, 0.15) is 29.5 Å². The van der Waals surface area contributed by atoms with Gasteiger partial charge in [-0.1, -0.05) is 11.6 Å². The minimum Gasteiger partial charge on any atom is -0.494 e. The zero-order chi connectivity index (χ0) is 49.9. The Bertz CT molecular complexity index is 3160. The van der Waals surface area contributed by atoms with Crippen molar-refractivity contribution in [3.05, 3.63) is 89.6 Å². The average molecular weight is 1010 g/mol. The fourth-order valence-corrected chi connectivity index (χ4v) is 13.3. The van der Waals surface area contributed by atoms with Crippen molar-refractivity contribution in [2.45, 2.75) is 70.0 Å². The Morgan fingerprint density at radius 1 is 0.861 bits per heavy atom. The monoisotopic (exact) mass is 1010 g/mol. The molecule has 8 heterocycles. The minimum atomic E-state index is -2.84. The summed E-state index contributed by atoms with van der Waals surface area (Å²) in [5.74, 6) is 0.456. The largest absolute Gasteiger partial charge is 0.494 e. The summed E-state index contributed by atoms with van der Waals surface area (Å²) in [6, 6.07) is 13.9. The van der Waals surface area contributed by atoms with E-state index in [1.807, 2.05) is 42.3 Å². The number of carbonyl (C=O) groups excluding carboxylic acids is 3. The average Bonchev–Trinajstić information content (AvgIpc) is 3.96. The van der Waals surface area contributed by atoms with E-state index in [4.69, 9.17) is 21.3 Å². The van der Waals surface area contributed by atoms with Gasteiger partial charge in [-0.25, -0.2) is 4.98 Å². The molecule has 1 atom stereocenters. The van der Waals surface area contributed by atoms with Crippen LogP contribution in [0, 0.1) is 5.41 Å². The molecular weight excluding hydrogens is 953 g/mol. The van der Waals surface area contributed by atoms with Crippen LogP contribution in [0.15, 0.2) is 73.4 Å².